The Balaban J connectivity index is 2.75. The molecule has 0 aromatic carbocycles. The normalized spacial score (nSPS) is 11.8. The van der Waals surface area contributed by atoms with Gasteiger partial charge in [0, 0.05) is 12.4 Å². The SMILES string of the molecule is NS(=O)(=O)c1ncc2nccnc2n1. The maximum atomic E-state index is 10.9. The van der Waals surface area contributed by atoms with Crippen LogP contribution in [0.15, 0.2) is 23.7 Å². The number of fused-ring (bicyclic) bond motifs is 1. The molecule has 2 rings (SSSR count). The third kappa shape index (κ3) is 1.52. The quantitative estimate of drug-likeness (QED) is 0.609. The Bertz CT molecular complexity index is 582. The van der Waals surface area contributed by atoms with Crippen molar-refractivity contribution < 1.29 is 8.42 Å². The molecule has 0 aliphatic rings. The van der Waals surface area contributed by atoms with E-state index >= 15 is 0 Å². The van der Waals surface area contributed by atoms with E-state index in [1.807, 2.05) is 0 Å². The van der Waals surface area contributed by atoms with Crippen LogP contribution in [0.3, 0.4) is 0 Å². The molecule has 0 amide bonds. The summed E-state index contributed by atoms with van der Waals surface area (Å²) in [6, 6.07) is 0. The molecular weight excluding hydrogens is 206 g/mol. The van der Waals surface area contributed by atoms with Crippen molar-refractivity contribution in [2.75, 3.05) is 0 Å². The molecule has 8 heteroatoms. The van der Waals surface area contributed by atoms with E-state index in [9.17, 15) is 8.42 Å². The lowest BCUT2D eigenvalue weighted by Crippen LogP contribution is -2.16. The lowest BCUT2D eigenvalue weighted by atomic mass is 10.5. The van der Waals surface area contributed by atoms with Crippen LogP contribution < -0.4 is 5.14 Å². The van der Waals surface area contributed by atoms with Crippen LogP contribution in [0.1, 0.15) is 0 Å². The highest BCUT2D eigenvalue weighted by Gasteiger charge is 2.12. The molecule has 0 spiro atoms. The summed E-state index contributed by atoms with van der Waals surface area (Å²) < 4.78 is 21.8. The smallest absolute Gasteiger partial charge is 0.250 e. The molecule has 0 aliphatic carbocycles. The van der Waals surface area contributed by atoms with Crippen molar-refractivity contribution in [1.82, 2.24) is 19.9 Å². The van der Waals surface area contributed by atoms with Gasteiger partial charge in [0.15, 0.2) is 5.65 Å². The third-order valence-electron chi connectivity index (χ3n) is 1.46. The van der Waals surface area contributed by atoms with Gasteiger partial charge in [0.25, 0.3) is 15.2 Å². The summed E-state index contributed by atoms with van der Waals surface area (Å²) in [6.07, 6.45) is 4.12. The first kappa shape index (κ1) is 8.91. The first-order chi connectivity index (χ1) is 6.57. The van der Waals surface area contributed by atoms with E-state index in [0.717, 1.165) is 0 Å². The van der Waals surface area contributed by atoms with Crippen molar-refractivity contribution in [2.45, 2.75) is 5.16 Å². The minimum atomic E-state index is -3.88. The Morgan fingerprint density at radius 3 is 2.57 bits per heavy atom. The summed E-state index contributed by atoms with van der Waals surface area (Å²) >= 11 is 0. The van der Waals surface area contributed by atoms with Crippen LogP contribution in [-0.4, -0.2) is 28.4 Å². The molecule has 2 aromatic rings. The van der Waals surface area contributed by atoms with Gasteiger partial charge in [0.1, 0.15) is 5.52 Å². The monoisotopic (exact) mass is 211 g/mol. The molecule has 72 valence electrons. The maximum Gasteiger partial charge on any atom is 0.273 e. The number of aromatic nitrogens is 4. The number of nitrogens with two attached hydrogens (primary N) is 1. The van der Waals surface area contributed by atoms with E-state index < -0.39 is 15.2 Å². The van der Waals surface area contributed by atoms with E-state index in [1.165, 1.54) is 18.6 Å². The zero-order chi connectivity index (χ0) is 10.2. The van der Waals surface area contributed by atoms with Crippen LogP contribution in [0.5, 0.6) is 0 Å². The summed E-state index contributed by atoms with van der Waals surface area (Å²) in [7, 11) is -3.88. The highest BCUT2D eigenvalue weighted by atomic mass is 32.2. The predicted octanol–water partition coefficient (Wildman–Crippen LogP) is -0.933. The number of nitrogens with zero attached hydrogens (tertiary/aromatic N) is 4. The summed E-state index contributed by atoms with van der Waals surface area (Å²) in [4.78, 5) is 14.9. The minimum Gasteiger partial charge on any atom is -0.250 e. The van der Waals surface area contributed by atoms with Gasteiger partial charge in [-0.3, -0.25) is 0 Å². The Morgan fingerprint density at radius 1 is 1.14 bits per heavy atom. The molecule has 0 fully saturated rings. The van der Waals surface area contributed by atoms with Gasteiger partial charge in [-0.15, -0.1) is 0 Å². The lowest BCUT2D eigenvalue weighted by molar-refractivity contribution is 0.589. The molecule has 0 bridgehead atoms. The minimum absolute atomic E-state index is 0.200. The lowest BCUT2D eigenvalue weighted by Gasteiger charge is -1.96. The van der Waals surface area contributed by atoms with E-state index in [2.05, 4.69) is 19.9 Å². The van der Waals surface area contributed by atoms with Gasteiger partial charge in [-0.25, -0.2) is 28.5 Å². The van der Waals surface area contributed by atoms with Crippen molar-refractivity contribution in [3.63, 3.8) is 0 Å². The van der Waals surface area contributed by atoms with Crippen LogP contribution in [0, 0.1) is 0 Å². The highest BCUT2D eigenvalue weighted by molar-refractivity contribution is 7.89. The molecule has 0 aliphatic heterocycles. The Morgan fingerprint density at radius 2 is 1.86 bits per heavy atom. The maximum absolute atomic E-state index is 10.9. The van der Waals surface area contributed by atoms with Gasteiger partial charge in [-0.1, -0.05) is 0 Å². The molecule has 0 unspecified atom stereocenters. The van der Waals surface area contributed by atoms with Gasteiger partial charge in [0.05, 0.1) is 6.20 Å². The Kier molecular flexibility index (Phi) is 1.86. The molecule has 2 aromatic heterocycles. The summed E-state index contributed by atoms with van der Waals surface area (Å²) in [6.45, 7) is 0. The first-order valence-corrected chi connectivity index (χ1v) is 5.08. The summed E-state index contributed by atoms with van der Waals surface area (Å²) in [5, 5.41) is 4.39. The van der Waals surface area contributed by atoms with Crippen LogP contribution >= 0.6 is 0 Å². The molecule has 0 radical (unpaired) electrons. The number of hydrogen-bond acceptors (Lipinski definition) is 6. The Labute approximate surface area is 79.1 Å². The number of primary sulfonamides is 1. The van der Waals surface area contributed by atoms with Crippen molar-refractivity contribution in [1.29, 1.82) is 0 Å². The molecular formula is C6H5N5O2S. The van der Waals surface area contributed by atoms with Gasteiger partial charge in [-0.2, -0.15) is 4.98 Å². The van der Waals surface area contributed by atoms with E-state index in [1.54, 1.807) is 0 Å². The standard InChI is InChI=1S/C6H5N5O2S/c7-14(12,13)6-10-3-4-5(11-6)9-2-1-8-4/h1-3H,(H2,7,12,13). The molecule has 0 saturated carbocycles. The predicted molar refractivity (Wildman–Crippen MR) is 46.5 cm³/mol. The van der Waals surface area contributed by atoms with Crippen molar-refractivity contribution in [2.24, 2.45) is 5.14 Å². The fourth-order valence-corrected chi connectivity index (χ4v) is 1.30. The molecule has 0 saturated heterocycles. The van der Waals surface area contributed by atoms with E-state index in [4.69, 9.17) is 5.14 Å². The van der Waals surface area contributed by atoms with Gasteiger partial charge in [-0.05, 0) is 0 Å². The summed E-state index contributed by atoms with van der Waals surface area (Å²) in [5.74, 6) is 0. The van der Waals surface area contributed by atoms with Crippen molar-refractivity contribution >= 4 is 21.2 Å². The van der Waals surface area contributed by atoms with Gasteiger partial charge >= 0.3 is 0 Å². The van der Waals surface area contributed by atoms with E-state index in [-0.39, 0.29) is 5.65 Å². The second-order valence-electron chi connectivity index (χ2n) is 2.46. The third-order valence-corrected chi connectivity index (χ3v) is 2.17. The van der Waals surface area contributed by atoms with Crippen molar-refractivity contribution in [3.05, 3.63) is 18.6 Å². The second kappa shape index (κ2) is 2.93. The second-order valence-corrected chi connectivity index (χ2v) is 3.92. The first-order valence-electron chi connectivity index (χ1n) is 3.54. The van der Waals surface area contributed by atoms with Crippen molar-refractivity contribution in [3.8, 4) is 0 Å². The highest BCUT2D eigenvalue weighted by Crippen LogP contribution is 2.05. The van der Waals surface area contributed by atoms with Gasteiger partial charge in [0.2, 0.25) is 0 Å². The molecule has 2 N–H and O–H groups in total. The van der Waals surface area contributed by atoms with Crippen LogP contribution in [0.4, 0.5) is 0 Å². The zero-order valence-electron chi connectivity index (χ0n) is 6.82. The molecule has 7 nitrogen and oxygen atoms in total. The average Bonchev–Trinajstić information content (AvgIpc) is 2.16. The molecule has 0 atom stereocenters. The molecule has 2 heterocycles. The number of sulfonamides is 1. The fourth-order valence-electron chi connectivity index (χ4n) is 0.892. The van der Waals surface area contributed by atoms with Crippen LogP contribution in [0.2, 0.25) is 0 Å². The van der Waals surface area contributed by atoms with Gasteiger partial charge < -0.3 is 0 Å². The van der Waals surface area contributed by atoms with E-state index in [0.29, 0.717) is 5.52 Å². The largest absolute Gasteiger partial charge is 0.273 e. The van der Waals surface area contributed by atoms with Crippen LogP contribution in [0.25, 0.3) is 11.2 Å². The zero-order valence-corrected chi connectivity index (χ0v) is 7.64. The molecule has 14 heavy (non-hydrogen) atoms. The summed E-state index contributed by atoms with van der Waals surface area (Å²) in [5.41, 5.74) is 0.617. The fraction of sp³-hybridized carbons (Fsp3) is 0. The average molecular weight is 211 g/mol. The van der Waals surface area contributed by atoms with Crippen LogP contribution in [-0.2, 0) is 10.0 Å². The number of hydrogen-bond donors (Lipinski definition) is 1. The Hall–Kier alpha value is -1.67. The number of rotatable bonds is 1. The topological polar surface area (TPSA) is 112 Å².